The molecule has 0 fully saturated rings. The molecule has 0 spiro atoms. The first-order valence-corrected chi connectivity index (χ1v) is 9.69. The Hall–Kier alpha value is -3.19. The van der Waals surface area contributed by atoms with Gasteiger partial charge < -0.3 is 14.6 Å². The molecule has 0 radical (unpaired) electrons. The first kappa shape index (κ1) is 19.6. The molecule has 1 N–H and O–H groups in total. The highest BCUT2D eigenvalue weighted by molar-refractivity contribution is 7.07. The molecule has 6 nitrogen and oxygen atoms in total. The van der Waals surface area contributed by atoms with Crippen molar-refractivity contribution in [3.63, 3.8) is 0 Å². The van der Waals surface area contributed by atoms with E-state index in [2.05, 4.69) is 10.3 Å². The van der Waals surface area contributed by atoms with Crippen LogP contribution in [0.5, 0.6) is 0 Å². The number of rotatable bonds is 6. The van der Waals surface area contributed by atoms with E-state index in [1.807, 2.05) is 79.3 Å². The maximum Gasteiger partial charge on any atom is 0.408 e. The van der Waals surface area contributed by atoms with E-state index < -0.39 is 18.0 Å². The molecule has 2 amide bonds. The van der Waals surface area contributed by atoms with E-state index in [1.54, 1.807) is 4.57 Å². The van der Waals surface area contributed by atoms with Crippen LogP contribution in [0.15, 0.2) is 77.2 Å². The Kier molecular flexibility index (Phi) is 6.75. The van der Waals surface area contributed by atoms with E-state index in [0.29, 0.717) is 11.2 Å². The average Bonchev–Trinajstić information content (AvgIpc) is 3.12. The van der Waals surface area contributed by atoms with Crippen LogP contribution in [-0.2, 0) is 29.6 Å². The molecule has 0 aliphatic heterocycles. The van der Waals surface area contributed by atoms with E-state index in [-0.39, 0.29) is 6.61 Å². The van der Waals surface area contributed by atoms with Crippen LogP contribution in [0, 0.1) is 0 Å². The maximum absolute atomic E-state index is 12.7. The van der Waals surface area contributed by atoms with Crippen molar-refractivity contribution in [1.29, 1.82) is 0 Å². The number of aryl methyl sites for hydroxylation is 1. The summed E-state index contributed by atoms with van der Waals surface area (Å²) >= 11 is 1.36. The van der Waals surface area contributed by atoms with Crippen molar-refractivity contribution in [3.8, 4) is 0 Å². The monoisotopic (exact) mass is 395 g/mol. The summed E-state index contributed by atoms with van der Waals surface area (Å²) in [5.74, 6) is -0.418. The van der Waals surface area contributed by atoms with Gasteiger partial charge in [0.1, 0.15) is 12.6 Å². The van der Waals surface area contributed by atoms with E-state index in [9.17, 15) is 9.59 Å². The molecule has 0 saturated carbocycles. The molecule has 3 aromatic rings. The molecule has 7 heteroatoms. The van der Waals surface area contributed by atoms with Gasteiger partial charge >= 0.3 is 6.09 Å². The molecule has 2 aromatic carbocycles. The third kappa shape index (κ3) is 5.65. The maximum atomic E-state index is 12.7. The van der Waals surface area contributed by atoms with Crippen LogP contribution in [0.1, 0.15) is 11.1 Å². The SMILES string of the molecule is Cn1ccsc1=NC(=O)C(Cc1ccccc1)NC(=O)OCc1ccccc1. The van der Waals surface area contributed by atoms with Crippen LogP contribution in [0.2, 0.25) is 0 Å². The Bertz CT molecular complexity index is 981. The Labute approximate surface area is 167 Å². The molecule has 3 rings (SSSR count). The van der Waals surface area contributed by atoms with Gasteiger partial charge in [0.05, 0.1) is 0 Å². The highest BCUT2D eigenvalue weighted by Crippen LogP contribution is 2.06. The van der Waals surface area contributed by atoms with Crippen LogP contribution >= 0.6 is 11.3 Å². The summed E-state index contributed by atoms with van der Waals surface area (Å²) in [6.45, 7) is 0.135. The fourth-order valence-corrected chi connectivity index (χ4v) is 3.30. The Morgan fingerprint density at radius 1 is 1.07 bits per heavy atom. The number of alkyl carbamates (subject to hydrolysis) is 1. The van der Waals surface area contributed by atoms with Gasteiger partial charge in [-0.25, -0.2) is 4.79 Å². The number of thiazole rings is 1. The minimum Gasteiger partial charge on any atom is -0.445 e. The Morgan fingerprint density at radius 3 is 2.32 bits per heavy atom. The Morgan fingerprint density at radius 2 is 1.71 bits per heavy atom. The summed E-state index contributed by atoms with van der Waals surface area (Å²) in [6.07, 6.45) is 1.51. The number of amides is 2. The first-order chi connectivity index (χ1) is 13.6. The fourth-order valence-electron chi connectivity index (χ4n) is 2.56. The number of ether oxygens (including phenoxy) is 1. The molecule has 1 unspecified atom stereocenters. The van der Waals surface area contributed by atoms with Gasteiger partial charge in [-0.1, -0.05) is 60.7 Å². The van der Waals surface area contributed by atoms with Gasteiger partial charge in [-0.15, -0.1) is 11.3 Å². The molecule has 1 heterocycles. The van der Waals surface area contributed by atoms with Crippen molar-refractivity contribution in [3.05, 3.63) is 88.2 Å². The lowest BCUT2D eigenvalue weighted by molar-refractivity contribution is -0.120. The van der Waals surface area contributed by atoms with Gasteiger partial charge in [-0.2, -0.15) is 4.99 Å². The van der Waals surface area contributed by atoms with Crippen molar-refractivity contribution in [2.45, 2.75) is 19.1 Å². The first-order valence-electron chi connectivity index (χ1n) is 8.81. The smallest absolute Gasteiger partial charge is 0.408 e. The van der Waals surface area contributed by atoms with Crippen molar-refractivity contribution in [2.75, 3.05) is 0 Å². The second-order valence-corrected chi connectivity index (χ2v) is 7.07. The molecule has 0 bridgehead atoms. The van der Waals surface area contributed by atoms with Gasteiger partial charge in [0.15, 0.2) is 4.80 Å². The number of aromatic nitrogens is 1. The predicted octanol–water partition coefficient (Wildman–Crippen LogP) is 3.05. The fraction of sp³-hybridized carbons (Fsp3) is 0.190. The van der Waals surface area contributed by atoms with Crippen molar-refractivity contribution >= 4 is 23.3 Å². The number of nitrogens with one attached hydrogen (secondary N) is 1. The van der Waals surface area contributed by atoms with Crippen molar-refractivity contribution in [1.82, 2.24) is 9.88 Å². The second kappa shape index (κ2) is 9.66. The van der Waals surface area contributed by atoms with E-state index in [4.69, 9.17) is 4.74 Å². The standard InChI is InChI=1S/C21H21N3O3S/c1-24-12-13-28-20(24)23-19(25)18(14-16-8-4-2-5-9-16)22-21(26)27-15-17-10-6-3-7-11-17/h2-13,18H,14-15H2,1H3,(H,22,26). The van der Waals surface area contributed by atoms with Crippen LogP contribution < -0.4 is 10.1 Å². The molecule has 0 saturated heterocycles. The van der Waals surface area contributed by atoms with Crippen LogP contribution in [0.25, 0.3) is 0 Å². The van der Waals surface area contributed by atoms with Gasteiger partial charge in [-0.3, -0.25) is 4.79 Å². The summed E-state index contributed by atoms with van der Waals surface area (Å²) in [6, 6.07) is 18.1. The molecule has 144 valence electrons. The number of benzene rings is 2. The van der Waals surface area contributed by atoms with Crippen molar-refractivity contribution in [2.24, 2.45) is 12.0 Å². The van der Waals surface area contributed by atoms with Gasteiger partial charge in [0, 0.05) is 25.0 Å². The summed E-state index contributed by atoms with van der Waals surface area (Å²) in [7, 11) is 1.82. The zero-order valence-corrected chi connectivity index (χ0v) is 16.3. The molecule has 0 aliphatic carbocycles. The summed E-state index contributed by atoms with van der Waals surface area (Å²) in [4.78, 5) is 29.7. The molecular formula is C21H21N3O3S. The number of hydrogen-bond acceptors (Lipinski definition) is 4. The lowest BCUT2D eigenvalue weighted by atomic mass is 10.1. The molecular weight excluding hydrogens is 374 g/mol. The normalized spacial score (nSPS) is 12.4. The third-order valence-electron chi connectivity index (χ3n) is 4.05. The predicted molar refractivity (Wildman–Crippen MR) is 108 cm³/mol. The molecule has 0 aliphatic rings. The molecule has 1 aromatic heterocycles. The number of carbonyl (C=O) groups excluding carboxylic acids is 2. The van der Waals surface area contributed by atoms with E-state index in [1.165, 1.54) is 11.3 Å². The van der Waals surface area contributed by atoms with Crippen LogP contribution in [0.3, 0.4) is 0 Å². The number of hydrogen-bond donors (Lipinski definition) is 1. The average molecular weight is 395 g/mol. The van der Waals surface area contributed by atoms with Gasteiger partial charge in [-0.05, 0) is 11.1 Å². The molecule has 28 heavy (non-hydrogen) atoms. The van der Waals surface area contributed by atoms with E-state index in [0.717, 1.165) is 11.1 Å². The highest BCUT2D eigenvalue weighted by Gasteiger charge is 2.22. The number of carbonyl (C=O) groups is 2. The lowest BCUT2D eigenvalue weighted by Gasteiger charge is -2.15. The number of nitrogens with zero attached hydrogens (tertiary/aromatic N) is 2. The van der Waals surface area contributed by atoms with Crippen molar-refractivity contribution < 1.29 is 14.3 Å². The molecule has 1 atom stereocenters. The zero-order chi connectivity index (χ0) is 19.8. The largest absolute Gasteiger partial charge is 0.445 e. The topological polar surface area (TPSA) is 72.7 Å². The van der Waals surface area contributed by atoms with E-state index >= 15 is 0 Å². The Balaban J connectivity index is 1.71. The van der Waals surface area contributed by atoms with Gasteiger partial charge in [0.2, 0.25) is 0 Å². The second-order valence-electron chi connectivity index (χ2n) is 6.19. The minimum absolute atomic E-state index is 0.135. The van der Waals surface area contributed by atoms with Crippen LogP contribution in [0.4, 0.5) is 4.79 Å². The zero-order valence-electron chi connectivity index (χ0n) is 15.4. The lowest BCUT2D eigenvalue weighted by Crippen LogP contribution is -2.42. The third-order valence-corrected chi connectivity index (χ3v) is 4.90. The minimum atomic E-state index is -0.812. The van der Waals surface area contributed by atoms with Gasteiger partial charge in [0.25, 0.3) is 5.91 Å². The summed E-state index contributed by atoms with van der Waals surface area (Å²) < 4.78 is 7.02. The summed E-state index contributed by atoms with van der Waals surface area (Å²) in [5.41, 5.74) is 1.80. The highest BCUT2D eigenvalue weighted by atomic mass is 32.1. The van der Waals surface area contributed by atoms with Crippen LogP contribution in [-0.4, -0.2) is 22.6 Å². The quantitative estimate of drug-likeness (QED) is 0.697. The summed E-state index contributed by atoms with van der Waals surface area (Å²) in [5, 5.41) is 4.51.